The summed E-state index contributed by atoms with van der Waals surface area (Å²) in [4.78, 5) is 4.12. The second kappa shape index (κ2) is 4.42. The zero-order valence-electron chi connectivity index (χ0n) is 10.7. The number of hydrogen-bond acceptors (Lipinski definition) is 4. The Hall–Kier alpha value is -2.75. The molecule has 4 heteroatoms. The van der Waals surface area contributed by atoms with E-state index in [1.807, 2.05) is 36.5 Å². The molecule has 0 atom stereocenters. The molecule has 20 heavy (non-hydrogen) atoms. The Morgan fingerprint density at radius 2 is 1.70 bits per heavy atom. The number of hydrogen-bond donors (Lipinski definition) is 1. The molecule has 4 nitrogen and oxygen atoms in total. The lowest BCUT2D eigenvalue weighted by molar-refractivity contribution is 0.174. The Morgan fingerprint density at radius 3 is 2.70 bits per heavy atom. The normalized spacial score (nSPS) is 12.6. The molecule has 1 aliphatic rings. The van der Waals surface area contributed by atoms with E-state index in [1.165, 1.54) is 0 Å². The van der Waals surface area contributed by atoms with Crippen LogP contribution in [-0.4, -0.2) is 11.8 Å². The first-order valence-corrected chi connectivity index (χ1v) is 6.39. The lowest BCUT2D eigenvalue weighted by atomic mass is 10.1. The monoisotopic (exact) mass is 264 g/mol. The van der Waals surface area contributed by atoms with Gasteiger partial charge in [0, 0.05) is 35.2 Å². The van der Waals surface area contributed by atoms with E-state index in [1.54, 1.807) is 6.20 Å². The summed E-state index contributed by atoms with van der Waals surface area (Å²) in [6, 6.07) is 14.0. The minimum atomic E-state index is 0.293. The van der Waals surface area contributed by atoms with E-state index in [9.17, 15) is 0 Å². The summed E-state index contributed by atoms with van der Waals surface area (Å²) in [5.74, 6) is 1.57. The van der Waals surface area contributed by atoms with Gasteiger partial charge in [0.15, 0.2) is 11.5 Å². The summed E-state index contributed by atoms with van der Waals surface area (Å²) in [5, 5.41) is 5.66. The van der Waals surface area contributed by atoms with Crippen LogP contribution in [0.4, 0.5) is 11.4 Å². The second-order valence-corrected chi connectivity index (χ2v) is 4.63. The Kier molecular flexibility index (Phi) is 2.45. The van der Waals surface area contributed by atoms with Crippen molar-refractivity contribution in [2.24, 2.45) is 0 Å². The highest BCUT2D eigenvalue weighted by Crippen LogP contribution is 2.35. The van der Waals surface area contributed by atoms with Crippen LogP contribution in [0.5, 0.6) is 11.5 Å². The van der Waals surface area contributed by atoms with Gasteiger partial charge in [-0.3, -0.25) is 4.98 Å². The van der Waals surface area contributed by atoms with Gasteiger partial charge in [-0.05, 0) is 35.7 Å². The Labute approximate surface area is 116 Å². The molecule has 3 aromatic rings. The molecule has 98 valence electrons. The quantitative estimate of drug-likeness (QED) is 0.766. The minimum Gasteiger partial charge on any atom is -0.454 e. The molecule has 0 aliphatic carbocycles. The first-order valence-electron chi connectivity index (χ1n) is 6.39. The van der Waals surface area contributed by atoms with Crippen molar-refractivity contribution < 1.29 is 9.47 Å². The summed E-state index contributed by atoms with van der Waals surface area (Å²) >= 11 is 0. The molecule has 0 saturated carbocycles. The highest BCUT2D eigenvalue weighted by atomic mass is 16.7. The van der Waals surface area contributed by atoms with Gasteiger partial charge in [0.1, 0.15) is 0 Å². The van der Waals surface area contributed by atoms with Crippen LogP contribution in [0.25, 0.3) is 10.8 Å². The van der Waals surface area contributed by atoms with E-state index in [2.05, 4.69) is 22.4 Å². The van der Waals surface area contributed by atoms with Gasteiger partial charge in [0.2, 0.25) is 6.79 Å². The van der Waals surface area contributed by atoms with Gasteiger partial charge in [0.05, 0.1) is 0 Å². The van der Waals surface area contributed by atoms with Crippen molar-refractivity contribution in [1.29, 1.82) is 0 Å². The third-order valence-electron chi connectivity index (χ3n) is 3.30. The highest BCUT2D eigenvalue weighted by Gasteiger charge is 2.13. The van der Waals surface area contributed by atoms with Crippen LogP contribution in [0, 0.1) is 0 Å². The molecule has 2 aromatic carbocycles. The maximum Gasteiger partial charge on any atom is 0.231 e. The predicted octanol–water partition coefficient (Wildman–Crippen LogP) is 3.71. The van der Waals surface area contributed by atoms with Crippen LogP contribution in [0.15, 0.2) is 54.9 Å². The lowest BCUT2D eigenvalue weighted by Crippen LogP contribution is -1.93. The first kappa shape index (κ1) is 11.1. The molecule has 0 amide bonds. The Balaban J connectivity index is 1.67. The van der Waals surface area contributed by atoms with Crippen molar-refractivity contribution in [2.75, 3.05) is 12.1 Å². The van der Waals surface area contributed by atoms with E-state index in [0.717, 1.165) is 33.6 Å². The van der Waals surface area contributed by atoms with Gasteiger partial charge in [-0.2, -0.15) is 0 Å². The number of aromatic nitrogens is 1. The van der Waals surface area contributed by atoms with Gasteiger partial charge in [-0.1, -0.05) is 6.07 Å². The molecule has 1 aromatic heterocycles. The van der Waals surface area contributed by atoms with E-state index in [0.29, 0.717) is 6.79 Å². The third kappa shape index (κ3) is 1.91. The molecule has 0 radical (unpaired) electrons. The molecule has 0 bridgehead atoms. The summed E-state index contributed by atoms with van der Waals surface area (Å²) in [6.07, 6.45) is 3.66. The van der Waals surface area contributed by atoms with E-state index in [-0.39, 0.29) is 0 Å². The van der Waals surface area contributed by atoms with Crippen LogP contribution in [-0.2, 0) is 0 Å². The Bertz CT molecular complexity index is 786. The van der Waals surface area contributed by atoms with Crippen molar-refractivity contribution in [3.8, 4) is 11.5 Å². The standard InChI is InChI=1S/C16H12N2O2/c1-2-13(7-11-5-6-17-9-12(1)11)18-14-3-4-15-16(8-14)20-10-19-15/h1-9,18H,10H2. The van der Waals surface area contributed by atoms with E-state index < -0.39 is 0 Å². The number of pyridine rings is 1. The van der Waals surface area contributed by atoms with Gasteiger partial charge in [-0.25, -0.2) is 0 Å². The van der Waals surface area contributed by atoms with E-state index in [4.69, 9.17) is 9.47 Å². The number of benzene rings is 2. The first-order chi connectivity index (χ1) is 9.88. The molecule has 0 unspecified atom stereocenters. The number of anilines is 2. The molecular formula is C16H12N2O2. The van der Waals surface area contributed by atoms with Gasteiger partial charge >= 0.3 is 0 Å². The number of nitrogens with zero attached hydrogens (tertiary/aromatic N) is 1. The molecule has 2 heterocycles. The van der Waals surface area contributed by atoms with Crippen LogP contribution in [0.3, 0.4) is 0 Å². The maximum absolute atomic E-state index is 5.38. The van der Waals surface area contributed by atoms with Gasteiger partial charge in [-0.15, -0.1) is 0 Å². The van der Waals surface area contributed by atoms with E-state index >= 15 is 0 Å². The summed E-state index contributed by atoms with van der Waals surface area (Å²) in [5.41, 5.74) is 2.00. The number of ether oxygens (including phenoxy) is 2. The van der Waals surface area contributed by atoms with Gasteiger partial charge in [0.25, 0.3) is 0 Å². The summed E-state index contributed by atoms with van der Waals surface area (Å²) in [7, 11) is 0. The SMILES string of the molecule is c1cc2cc(Nc3ccc4c(c3)OCO4)ccc2cn1. The lowest BCUT2D eigenvalue weighted by Gasteiger charge is -2.08. The van der Waals surface area contributed by atoms with Crippen molar-refractivity contribution in [2.45, 2.75) is 0 Å². The minimum absolute atomic E-state index is 0.293. The predicted molar refractivity (Wildman–Crippen MR) is 77.6 cm³/mol. The third-order valence-corrected chi connectivity index (χ3v) is 3.30. The molecule has 0 saturated heterocycles. The van der Waals surface area contributed by atoms with Crippen molar-refractivity contribution in [3.63, 3.8) is 0 Å². The fourth-order valence-corrected chi connectivity index (χ4v) is 2.30. The molecule has 1 aliphatic heterocycles. The van der Waals surface area contributed by atoms with Crippen molar-refractivity contribution in [3.05, 3.63) is 54.9 Å². The molecule has 1 N–H and O–H groups in total. The Morgan fingerprint density at radius 1 is 0.850 bits per heavy atom. The topological polar surface area (TPSA) is 43.4 Å². The molecular weight excluding hydrogens is 252 g/mol. The average molecular weight is 264 g/mol. The molecule has 4 rings (SSSR count). The van der Waals surface area contributed by atoms with Crippen molar-refractivity contribution in [1.82, 2.24) is 4.98 Å². The average Bonchev–Trinajstić information content (AvgIpc) is 2.95. The maximum atomic E-state index is 5.38. The van der Waals surface area contributed by atoms with Crippen LogP contribution in [0.2, 0.25) is 0 Å². The fourth-order valence-electron chi connectivity index (χ4n) is 2.30. The highest BCUT2D eigenvalue weighted by molar-refractivity contribution is 5.85. The summed E-state index contributed by atoms with van der Waals surface area (Å²) < 4.78 is 10.7. The van der Waals surface area contributed by atoms with Crippen LogP contribution in [0.1, 0.15) is 0 Å². The second-order valence-electron chi connectivity index (χ2n) is 4.63. The van der Waals surface area contributed by atoms with Crippen LogP contribution < -0.4 is 14.8 Å². The molecule has 0 spiro atoms. The van der Waals surface area contributed by atoms with Crippen molar-refractivity contribution >= 4 is 22.1 Å². The number of fused-ring (bicyclic) bond motifs is 2. The molecule has 0 fully saturated rings. The number of rotatable bonds is 2. The van der Waals surface area contributed by atoms with Gasteiger partial charge < -0.3 is 14.8 Å². The zero-order valence-corrected chi connectivity index (χ0v) is 10.7. The summed E-state index contributed by atoms with van der Waals surface area (Å²) in [6.45, 7) is 0.293. The largest absolute Gasteiger partial charge is 0.454 e. The zero-order chi connectivity index (χ0) is 13.4. The smallest absolute Gasteiger partial charge is 0.231 e. The fraction of sp³-hybridized carbons (Fsp3) is 0.0625. The number of nitrogens with one attached hydrogen (secondary N) is 1. The van der Waals surface area contributed by atoms with Crippen LogP contribution >= 0.6 is 0 Å².